The number of hydrogen-bond donors (Lipinski definition) is 2. The molecular formula is C17H25NO5. The molecule has 2 N–H and O–H groups in total. The van der Waals surface area contributed by atoms with Gasteiger partial charge in [0.15, 0.2) is 0 Å². The monoisotopic (exact) mass is 323 g/mol. The molecule has 2 aliphatic rings. The second kappa shape index (κ2) is 7.62. The van der Waals surface area contributed by atoms with Gasteiger partial charge in [0, 0.05) is 18.0 Å². The zero-order chi connectivity index (χ0) is 16.9. The predicted octanol–water partition coefficient (Wildman–Crippen LogP) is 2.32. The van der Waals surface area contributed by atoms with E-state index in [1.54, 1.807) is 6.08 Å². The van der Waals surface area contributed by atoms with Crippen LogP contribution >= 0.6 is 0 Å². The first-order valence-electron chi connectivity index (χ1n) is 8.39. The van der Waals surface area contributed by atoms with Crippen LogP contribution in [0.2, 0.25) is 0 Å². The van der Waals surface area contributed by atoms with Crippen LogP contribution in [-0.2, 0) is 19.1 Å². The summed E-state index contributed by atoms with van der Waals surface area (Å²) < 4.78 is 5.57. The van der Waals surface area contributed by atoms with E-state index >= 15 is 0 Å². The molecule has 0 bridgehead atoms. The van der Waals surface area contributed by atoms with E-state index in [4.69, 9.17) is 9.84 Å². The summed E-state index contributed by atoms with van der Waals surface area (Å²) in [5, 5.41) is 11.9. The van der Waals surface area contributed by atoms with Gasteiger partial charge in [-0.05, 0) is 32.1 Å². The fourth-order valence-electron chi connectivity index (χ4n) is 2.99. The molecule has 1 heterocycles. The maximum atomic E-state index is 12.4. The van der Waals surface area contributed by atoms with E-state index in [9.17, 15) is 14.4 Å². The van der Waals surface area contributed by atoms with Crippen molar-refractivity contribution in [2.24, 2.45) is 0 Å². The molecule has 0 aromatic rings. The highest BCUT2D eigenvalue weighted by Gasteiger charge is 2.46. The number of esters is 1. The van der Waals surface area contributed by atoms with Crippen LogP contribution in [0.25, 0.3) is 0 Å². The standard InChI is InChI=1S/C17H25NO5/c1-2-7-17(8-9-17)23-16(22)12(11-15(20)21)10-13-5-3-4-6-14(19)18-13/h10,13H,2-9,11H2,1H3,(H,18,19)(H,20,21). The minimum absolute atomic E-state index is 0.0589. The Hall–Kier alpha value is -1.85. The summed E-state index contributed by atoms with van der Waals surface area (Å²) in [5.74, 6) is -1.69. The van der Waals surface area contributed by atoms with Gasteiger partial charge in [-0.25, -0.2) is 4.79 Å². The summed E-state index contributed by atoms with van der Waals surface area (Å²) in [6.07, 6.45) is 7.47. The summed E-state index contributed by atoms with van der Waals surface area (Å²) in [6.45, 7) is 2.03. The number of carbonyl (C=O) groups is 3. The van der Waals surface area contributed by atoms with Crippen LogP contribution in [0, 0.1) is 0 Å². The Balaban J connectivity index is 2.08. The lowest BCUT2D eigenvalue weighted by atomic mass is 10.0. The minimum atomic E-state index is -1.08. The molecule has 1 atom stereocenters. The molecule has 2 rings (SSSR count). The van der Waals surface area contributed by atoms with E-state index in [1.807, 2.05) is 6.92 Å². The van der Waals surface area contributed by atoms with E-state index in [2.05, 4.69) is 5.32 Å². The topological polar surface area (TPSA) is 92.7 Å². The van der Waals surface area contributed by atoms with Gasteiger partial charge in [0.25, 0.3) is 0 Å². The smallest absolute Gasteiger partial charge is 0.334 e. The van der Waals surface area contributed by atoms with Gasteiger partial charge in [-0.2, -0.15) is 0 Å². The zero-order valence-corrected chi connectivity index (χ0v) is 13.6. The maximum Gasteiger partial charge on any atom is 0.334 e. The molecule has 0 aromatic heterocycles. The quantitative estimate of drug-likeness (QED) is 0.554. The third kappa shape index (κ3) is 5.37. The lowest BCUT2D eigenvalue weighted by Crippen LogP contribution is -2.32. The van der Waals surface area contributed by atoms with E-state index in [0.717, 1.165) is 38.5 Å². The highest BCUT2D eigenvalue weighted by molar-refractivity contribution is 5.94. The SMILES string of the molecule is CCCC1(OC(=O)C(=CC2CCCCC(=O)N2)CC(=O)O)CC1. The van der Waals surface area contributed by atoms with Crippen molar-refractivity contribution in [3.63, 3.8) is 0 Å². The van der Waals surface area contributed by atoms with Gasteiger partial charge >= 0.3 is 11.9 Å². The number of ether oxygens (including phenoxy) is 1. The van der Waals surface area contributed by atoms with Crippen molar-refractivity contribution in [3.05, 3.63) is 11.6 Å². The van der Waals surface area contributed by atoms with Crippen LogP contribution in [0.5, 0.6) is 0 Å². The van der Waals surface area contributed by atoms with Gasteiger partial charge in [0.05, 0.1) is 6.42 Å². The number of carbonyl (C=O) groups excluding carboxylic acids is 2. The summed E-state index contributed by atoms with van der Waals surface area (Å²) in [6, 6.07) is -0.298. The molecule has 1 aliphatic heterocycles. The molecule has 1 saturated heterocycles. The van der Waals surface area contributed by atoms with E-state index in [1.165, 1.54) is 0 Å². The summed E-state index contributed by atoms with van der Waals surface area (Å²) in [4.78, 5) is 35.1. The molecule has 0 radical (unpaired) electrons. The Morgan fingerprint density at radius 2 is 2.13 bits per heavy atom. The third-order valence-electron chi connectivity index (χ3n) is 4.34. The fourth-order valence-corrected chi connectivity index (χ4v) is 2.99. The second-order valence-electron chi connectivity index (χ2n) is 6.50. The number of aliphatic carboxylic acids is 1. The molecule has 1 aliphatic carbocycles. The zero-order valence-electron chi connectivity index (χ0n) is 13.6. The second-order valence-corrected chi connectivity index (χ2v) is 6.50. The Labute approximate surface area is 136 Å². The maximum absolute atomic E-state index is 12.4. The Kier molecular flexibility index (Phi) is 5.80. The van der Waals surface area contributed by atoms with Crippen molar-refractivity contribution in [2.45, 2.75) is 76.4 Å². The lowest BCUT2D eigenvalue weighted by Gasteiger charge is -2.18. The third-order valence-corrected chi connectivity index (χ3v) is 4.34. The van der Waals surface area contributed by atoms with E-state index in [-0.39, 0.29) is 23.9 Å². The van der Waals surface area contributed by atoms with Crippen LogP contribution in [-0.4, -0.2) is 34.6 Å². The molecule has 6 nitrogen and oxygen atoms in total. The Morgan fingerprint density at radius 3 is 2.74 bits per heavy atom. The summed E-state index contributed by atoms with van der Waals surface area (Å²) in [5.41, 5.74) is -0.261. The molecular weight excluding hydrogens is 298 g/mol. The predicted molar refractivity (Wildman–Crippen MR) is 83.7 cm³/mol. The van der Waals surface area contributed by atoms with Crippen LogP contribution in [0.3, 0.4) is 0 Å². The first kappa shape index (κ1) is 17.5. The number of amides is 1. The van der Waals surface area contributed by atoms with Crippen molar-refractivity contribution in [2.75, 3.05) is 0 Å². The van der Waals surface area contributed by atoms with Gasteiger partial charge in [-0.1, -0.05) is 25.8 Å². The van der Waals surface area contributed by atoms with Crippen molar-refractivity contribution >= 4 is 17.8 Å². The van der Waals surface area contributed by atoms with Crippen LogP contribution in [0.4, 0.5) is 0 Å². The van der Waals surface area contributed by atoms with Crippen molar-refractivity contribution in [1.29, 1.82) is 0 Å². The molecule has 0 aromatic carbocycles. The molecule has 1 amide bonds. The van der Waals surface area contributed by atoms with Crippen molar-refractivity contribution in [3.8, 4) is 0 Å². The minimum Gasteiger partial charge on any atom is -0.481 e. The molecule has 0 spiro atoms. The van der Waals surface area contributed by atoms with Gasteiger partial charge in [0.1, 0.15) is 5.60 Å². The first-order chi connectivity index (χ1) is 10.9. The molecule has 23 heavy (non-hydrogen) atoms. The van der Waals surface area contributed by atoms with Crippen LogP contribution < -0.4 is 5.32 Å². The van der Waals surface area contributed by atoms with Gasteiger partial charge in [0.2, 0.25) is 5.91 Å². The number of carboxylic acid groups (broad SMARTS) is 1. The Morgan fingerprint density at radius 1 is 1.39 bits per heavy atom. The molecule has 2 fully saturated rings. The van der Waals surface area contributed by atoms with Gasteiger partial charge in [-0.15, -0.1) is 0 Å². The highest BCUT2D eigenvalue weighted by Crippen LogP contribution is 2.44. The summed E-state index contributed by atoms with van der Waals surface area (Å²) in [7, 11) is 0. The number of nitrogens with one attached hydrogen (secondary N) is 1. The molecule has 128 valence electrons. The number of hydrogen-bond acceptors (Lipinski definition) is 4. The molecule has 6 heteroatoms. The van der Waals surface area contributed by atoms with Gasteiger partial charge in [-0.3, -0.25) is 9.59 Å². The van der Waals surface area contributed by atoms with Crippen molar-refractivity contribution < 1.29 is 24.2 Å². The lowest BCUT2D eigenvalue weighted by molar-refractivity contribution is -0.149. The average molecular weight is 323 g/mol. The number of carboxylic acids is 1. The van der Waals surface area contributed by atoms with Crippen molar-refractivity contribution in [1.82, 2.24) is 5.32 Å². The van der Waals surface area contributed by atoms with E-state index in [0.29, 0.717) is 12.8 Å². The highest BCUT2D eigenvalue weighted by atomic mass is 16.6. The molecule has 1 saturated carbocycles. The van der Waals surface area contributed by atoms with E-state index < -0.39 is 17.5 Å². The van der Waals surface area contributed by atoms with Crippen LogP contribution in [0.15, 0.2) is 11.6 Å². The largest absolute Gasteiger partial charge is 0.481 e. The number of rotatable bonds is 7. The normalized spacial score (nSPS) is 23.6. The van der Waals surface area contributed by atoms with Gasteiger partial charge < -0.3 is 15.2 Å². The molecule has 1 unspecified atom stereocenters. The fraction of sp³-hybridized carbons (Fsp3) is 0.706. The van der Waals surface area contributed by atoms with Crippen LogP contribution in [0.1, 0.15) is 64.7 Å². The summed E-state index contributed by atoms with van der Waals surface area (Å²) >= 11 is 0. The Bertz CT molecular complexity index is 507. The average Bonchev–Trinajstić information content (AvgIpc) is 3.23. The first-order valence-corrected chi connectivity index (χ1v) is 8.39.